The number of carbonyl (C=O) groups excluding carboxylic acids is 1. The van der Waals surface area contributed by atoms with Crippen molar-refractivity contribution in [2.45, 2.75) is 25.2 Å². The quantitative estimate of drug-likeness (QED) is 0.125. The van der Waals surface area contributed by atoms with Gasteiger partial charge in [-0.15, -0.1) is 12.4 Å². The largest absolute Gasteiger partial charge is 0.507 e. The Labute approximate surface area is 186 Å². The van der Waals surface area contributed by atoms with Crippen LogP contribution in [0.25, 0.3) is 11.1 Å². The van der Waals surface area contributed by atoms with Gasteiger partial charge < -0.3 is 26.7 Å². The second kappa shape index (κ2) is 10.8. The molecule has 0 aliphatic carbocycles. The van der Waals surface area contributed by atoms with E-state index in [4.69, 9.17) is 16.3 Å². The average Bonchev–Trinajstić information content (AvgIpc) is 2.64. The van der Waals surface area contributed by atoms with Crippen LogP contribution in [0, 0.1) is 13.8 Å². The summed E-state index contributed by atoms with van der Waals surface area (Å²) in [6.07, 6.45) is -0.152. The summed E-state index contributed by atoms with van der Waals surface area (Å²) in [5.74, 6) is -0.862. The summed E-state index contributed by atoms with van der Waals surface area (Å²) in [6.45, 7) is 3.57. The van der Waals surface area contributed by atoms with Gasteiger partial charge in [0, 0.05) is 16.7 Å². The first kappa shape index (κ1) is 26.0. The summed E-state index contributed by atoms with van der Waals surface area (Å²) in [6, 6.07) is 7.62. The van der Waals surface area contributed by atoms with E-state index in [0.717, 1.165) is 0 Å². The minimum atomic E-state index is -4.52. The number of nitrogens with two attached hydrogens (primary N) is 2. The Morgan fingerprint density at radius 3 is 2.45 bits per heavy atom. The summed E-state index contributed by atoms with van der Waals surface area (Å²) < 4.78 is 33.2. The van der Waals surface area contributed by atoms with Crippen LogP contribution in [-0.4, -0.2) is 43.1 Å². The molecule has 0 radical (unpaired) electrons. The van der Waals surface area contributed by atoms with Crippen LogP contribution in [-0.2, 0) is 26.2 Å². The maximum Gasteiger partial charge on any atom is 0.295 e. The summed E-state index contributed by atoms with van der Waals surface area (Å²) in [5, 5.41) is 16.8. The molecule has 0 saturated carbocycles. The Balaban J connectivity index is 0.00000480. The number of aromatic hydroxyl groups is 1. The third-order valence-corrected chi connectivity index (χ3v) is 5.22. The lowest BCUT2D eigenvalue weighted by atomic mass is 9.93. The van der Waals surface area contributed by atoms with Crippen molar-refractivity contribution < 1.29 is 27.7 Å². The highest BCUT2D eigenvalue weighted by Crippen LogP contribution is 2.39. The topological polar surface area (TPSA) is 177 Å². The van der Waals surface area contributed by atoms with E-state index in [-0.39, 0.29) is 59.7 Å². The molecule has 170 valence electrons. The number of nitrogens with one attached hydrogen (secondary N) is 1. The average molecular weight is 473 g/mol. The van der Waals surface area contributed by atoms with E-state index < -0.39 is 16.0 Å². The number of hydrogen-bond acceptors (Lipinski definition) is 6. The van der Waals surface area contributed by atoms with Crippen LogP contribution in [0.4, 0.5) is 0 Å². The van der Waals surface area contributed by atoms with Crippen LogP contribution in [0.15, 0.2) is 40.4 Å². The molecule has 7 N–H and O–H groups in total. The molecule has 0 unspecified atom stereocenters. The van der Waals surface area contributed by atoms with E-state index in [2.05, 4.69) is 10.5 Å². The molecule has 0 bridgehead atoms. The molecular weight excluding hydrogens is 448 g/mol. The van der Waals surface area contributed by atoms with E-state index >= 15 is 0 Å². The minimum absolute atomic E-state index is 0. The second-order valence-corrected chi connectivity index (χ2v) is 7.95. The van der Waals surface area contributed by atoms with Gasteiger partial charge in [0.1, 0.15) is 17.3 Å². The second-order valence-electron chi connectivity index (χ2n) is 6.56. The number of nitrogens with zero attached hydrogens (tertiary/aromatic N) is 1. The fraction of sp³-hybridized carbons (Fsp3) is 0.263. The number of guanidine groups is 1. The fourth-order valence-electron chi connectivity index (χ4n) is 2.94. The summed E-state index contributed by atoms with van der Waals surface area (Å²) in [4.78, 5) is 16.7. The van der Waals surface area contributed by atoms with Crippen LogP contribution >= 0.6 is 12.4 Å². The Morgan fingerprint density at radius 1 is 1.16 bits per heavy atom. The number of rotatable bonds is 8. The van der Waals surface area contributed by atoms with E-state index in [0.29, 0.717) is 16.7 Å². The van der Waals surface area contributed by atoms with Crippen LogP contribution in [0.5, 0.6) is 5.75 Å². The predicted octanol–water partition coefficient (Wildman–Crippen LogP) is 1.21. The van der Waals surface area contributed by atoms with Gasteiger partial charge in [-0.2, -0.15) is 8.42 Å². The van der Waals surface area contributed by atoms with E-state index in [9.17, 15) is 22.9 Å². The van der Waals surface area contributed by atoms with Crippen molar-refractivity contribution in [3.8, 4) is 16.9 Å². The van der Waals surface area contributed by atoms with Crippen molar-refractivity contribution in [3.05, 3.63) is 47.0 Å². The van der Waals surface area contributed by atoms with Gasteiger partial charge in [0.05, 0.1) is 13.0 Å². The highest BCUT2D eigenvalue weighted by Gasteiger charge is 2.22. The normalized spacial score (nSPS) is 10.7. The van der Waals surface area contributed by atoms with E-state index in [1.165, 1.54) is 12.1 Å². The number of halogens is 1. The minimum Gasteiger partial charge on any atom is -0.507 e. The maximum absolute atomic E-state index is 12.3. The molecule has 12 heteroatoms. The highest BCUT2D eigenvalue weighted by molar-refractivity contribution is 7.86. The van der Waals surface area contributed by atoms with Crippen molar-refractivity contribution in [1.82, 2.24) is 5.32 Å². The van der Waals surface area contributed by atoms with Gasteiger partial charge in [0.25, 0.3) is 10.1 Å². The van der Waals surface area contributed by atoms with E-state index in [1.807, 2.05) is 0 Å². The van der Waals surface area contributed by atoms with Gasteiger partial charge in [0.2, 0.25) is 11.9 Å². The SMILES string of the molecule is Cc1ccc(-c2c(C)cccc2S(=O)(=O)O)c(O)c1CC(=O)NCCON=C(N)N.Cl. The number of oxime groups is 1. The molecule has 0 atom stereocenters. The fourth-order valence-corrected chi connectivity index (χ4v) is 3.72. The summed E-state index contributed by atoms with van der Waals surface area (Å²) in [5.41, 5.74) is 12.1. The Bertz CT molecular complexity index is 1090. The van der Waals surface area contributed by atoms with Crippen molar-refractivity contribution in [1.29, 1.82) is 0 Å². The zero-order valence-electron chi connectivity index (χ0n) is 17.0. The van der Waals surface area contributed by atoms with Gasteiger partial charge in [-0.3, -0.25) is 9.35 Å². The number of aryl methyl sites for hydroxylation is 2. The molecule has 0 saturated heterocycles. The zero-order chi connectivity index (χ0) is 22.5. The summed E-state index contributed by atoms with van der Waals surface area (Å²) in [7, 11) is -4.52. The molecule has 0 fully saturated rings. The van der Waals surface area contributed by atoms with Crippen molar-refractivity contribution in [2.75, 3.05) is 13.2 Å². The van der Waals surface area contributed by atoms with E-state index in [1.54, 1.807) is 32.0 Å². The van der Waals surface area contributed by atoms with Gasteiger partial charge >= 0.3 is 0 Å². The van der Waals surface area contributed by atoms with Gasteiger partial charge in [0.15, 0.2) is 0 Å². The number of phenolic OH excluding ortho intramolecular Hbond substituents is 1. The molecule has 0 aliphatic rings. The molecule has 2 aromatic carbocycles. The highest BCUT2D eigenvalue weighted by atomic mass is 35.5. The lowest BCUT2D eigenvalue weighted by Crippen LogP contribution is -2.29. The number of benzene rings is 2. The molecular formula is C19H25ClN4O6S. The van der Waals surface area contributed by atoms with Gasteiger partial charge in [-0.1, -0.05) is 24.3 Å². The third kappa shape index (κ3) is 6.74. The Morgan fingerprint density at radius 2 is 1.84 bits per heavy atom. The van der Waals surface area contributed by atoms with Crippen LogP contribution < -0.4 is 16.8 Å². The Hall–Kier alpha value is -3.02. The number of carbonyl (C=O) groups is 1. The van der Waals surface area contributed by atoms with Crippen LogP contribution in [0.1, 0.15) is 16.7 Å². The number of phenols is 1. The molecule has 10 nitrogen and oxygen atoms in total. The first-order valence-electron chi connectivity index (χ1n) is 8.89. The van der Waals surface area contributed by atoms with Gasteiger partial charge in [-0.05, 0) is 36.2 Å². The molecule has 31 heavy (non-hydrogen) atoms. The standard InChI is InChI=1S/C19H24N4O6S.ClH/c1-11-6-7-13(17-12(2)4-3-5-15(17)30(26,27)28)18(25)14(11)10-16(24)22-8-9-29-23-19(20)21;/h3-7,25H,8-10H2,1-2H3,(H,22,24)(H4,20,21,23)(H,26,27,28);1H. The zero-order valence-corrected chi connectivity index (χ0v) is 18.6. The lowest BCUT2D eigenvalue weighted by Gasteiger charge is -2.16. The first-order chi connectivity index (χ1) is 14.0. The van der Waals surface area contributed by atoms with Crippen LogP contribution in [0.2, 0.25) is 0 Å². The van der Waals surface area contributed by atoms with Gasteiger partial charge in [-0.25, -0.2) is 0 Å². The smallest absolute Gasteiger partial charge is 0.295 e. The predicted molar refractivity (Wildman–Crippen MR) is 119 cm³/mol. The van der Waals surface area contributed by atoms with Crippen molar-refractivity contribution in [3.63, 3.8) is 0 Å². The molecule has 0 spiro atoms. The number of hydrogen-bond donors (Lipinski definition) is 5. The summed E-state index contributed by atoms with van der Waals surface area (Å²) >= 11 is 0. The molecule has 2 rings (SSSR count). The number of amides is 1. The lowest BCUT2D eigenvalue weighted by molar-refractivity contribution is -0.120. The molecule has 0 aliphatic heterocycles. The Kier molecular flexibility index (Phi) is 9.10. The molecule has 1 amide bonds. The molecule has 2 aromatic rings. The maximum atomic E-state index is 12.3. The first-order valence-corrected chi connectivity index (χ1v) is 10.3. The van der Waals surface area contributed by atoms with Crippen LogP contribution in [0.3, 0.4) is 0 Å². The van der Waals surface area contributed by atoms with Crippen molar-refractivity contribution in [2.24, 2.45) is 16.6 Å². The van der Waals surface area contributed by atoms with Crippen molar-refractivity contribution >= 4 is 34.4 Å². The molecule has 0 aromatic heterocycles. The molecule has 0 heterocycles. The monoisotopic (exact) mass is 472 g/mol. The third-order valence-electron chi connectivity index (χ3n) is 4.32.